The maximum Gasteiger partial charge on any atom is 0.445 e. The van der Waals surface area contributed by atoms with E-state index in [1.807, 2.05) is 0 Å². The van der Waals surface area contributed by atoms with Crippen LogP contribution in [0.1, 0.15) is 11.9 Å². The fraction of sp³-hybridized carbons (Fsp3) is 0.625. The van der Waals surface area contributed by atoms with Gasteiger partial charge in [0.2, 0.25) is 10.1 Å². The van der Waals surface area contributed by atoms with Crippen LogP contribution in [0.15, 0.2) is 5.16 Å². The molecule has 0 saturated heterocycles. The lowest BCUT2D eigenvalue weighted by molar-refractivity contribution is -0.138. The summed E-state index contributed by atoms with van der Waals surface area (Å²) in [6.07, 6.45) is -4.49. The van der Waals surface area contributed by atoms with E-state index in [2.05, 4.69) is 15.4 Å². The molecule has 0 spiro atoms. The Balaban J connectivity index is 2.74. The molecule has 1 rings (SSSR count). The number of amidine groups is 1. The Morgan fingerprint density at radius 2 is 2.17 bits per heavy atom. The molecule has 1 aromatic rings. The van der Waals surface area contributed by atoms with E-state index in [0.29, 0.717) is 11.3 Å². The van der Waals surface area contributed by atoms with Crippen LogP contribution in [0.3, 0.4) is 0 Å². The Morgan fingerprint density at radius 3 is 2.61 bits per heavy atom. The summed E-state index contributed by atoms with van der Waals surface area (Å²) in [6, 6.07) is 0. The van der Waals surface area contributed by atoms with Crippen molar-refractivity contribution in [2.75, 3.05) is 18.5 Å². The first kappa shape index (κ1) is 14.5. The SMILES string of the molecule is CC(CN(C)c1nnc(C(F)(F)F)s1)C(N)=NO. The summed E-state index contributed by atoms with van der Waals surface area (Å²) in [7, 11) is 1.56. The largest absolute Gasteiger partial charge is 0.445 e. The van der Waals surface area contributed by atoms with Crippen LogP contribution in [-0.4, -0.2) is 34.8 Å². The van der Waals surface area contributed by atoms with Gasteiger partial charge in [-0.15, -0.1) is 10.2 Å². The van der Waals surface area contributed by atoms with Crippen LogP contribution in [0.4, 0.5) is 18.3 Å². The molecule has 1 heterocycles. The second-order valence-corrected chi connectivity index (χ2v) is 4.65. The molecule has 18 heavy (non-hydrogen) atoms. The van der Waals surface area contributed by atoms with Gasteiger partial charge in [-0.1, -0.05) is 23.4 Å². The molecule has 0 saturated carbocycles. The Labute approximate surface area is 105 Å². The van der Waals surface area contributed by atoms with E-state index in [-0.39, 0.29) is 23.4 Å². The number of halogens is 3. The normalized spacial score (nSPS) is 14.6. The van der Waals surface area contributed by atoms with Crippen molar-refractivity contribution in [1.82, 2.24) is 10.2 Å². The zero-order chi connectivity index (χ0) is 13.9. The monoisotopic (exact) mass is 283 g/mol. The molecule has 0 aliphatic heterocycles. The highest BCUT2D eigenvalue weighted by atomic mass is 32.1. The molecule has 0 aliphatic carbocycles. The van der Waals surface area contributed by atoms with Gasteiger partial charge < -0.3 is 15.8 Å². The van der Waals surface area contributed by atoms with Crippen molar-refractivity contribution in [3.63, 3.8) is 0 Å². The highest BCUT2D eigenvalue weighted by Crippen LogP contribution is 2.34. The number of rotatable bonds is 4. The van der Waals surface area contributed by atoms with Crippen LogP contribution in [0.2, 0.25) is 0 Å². The standard InChI is InChI=1S/C8H12F3N5OS/c1-4(5(12)15-17)3-16(2)7-14-13-6(18-7)8(9,10)11/h4,17H,3H2,1-2H3,(H2,12,15). The van der Waals surface area contributed by atoms with Gasteiger partial charge in [-0.3, -0.25) is 0 Å². The zero-order valence-corrected chi connectivity index (χ0v) is 10.5. The van der Waals surface area contributed by atoms with E-state index < -0.39 is 11.2 Å². The van der Waals surface area contributed by atoms with Crippen molar-refractivity contribution >= 4 is 22.3 Å². The highest BCUT2D eigenvalue weighted by Gasteiger charge is 2.36. The van der Waals surface area contributed by atoms with Crippen LogP contribution >= 0.6 is 11.3 Å². The van der Waals surface area contributed by atoms with Gasteiger partial charge in [0.1, 0.15) is 5.84 Å². The maximum absolute atomic E-state index is 12.3. The van der Waals surface area contributed by atoms with Gasteiger partial charge in [-0.2, -0.15) is 13.2 Å². The van der Waals surface area contributed by atoms with E-state index >= 15 is 0 Å². The van der Waals surface area contributed by atoms with Crippen molar-refractivity contribution in [3.05, 3.63) is 5.01 Å². The highest BCUT2D eigenvalue weighted by molar-refractivity contribution is 7.15. The van der Waals surface area contributed by atoms with Crippen molar-refractivity contribution in [3.8, 4) is 0 Å². The maximum atomic E-state index is 12.3. The molecule has 0 aromatic carbocycles. The van der Waals surface area contributed by atoms with Gasteiger partial charge in [0, 0.05) is 19.5 Å². The molecule has 0 aliphatic rings. The number of hydrogen-bond acceptors (Lipinski definition) is 6. The van der Waals surface area contributed by atoms with Crippen LogP contribution in [-0.2, 0) is 6.18 Å². The third-order valence-corrected chi connectivity index (χ3v) is 3.23. The number of nitrogens with zero attached hydrogens (tertiary/aromatic N) is 4. The third kappa shape index (κ3) is 3.45. The minimum Gasteiger partial charge on any atom is -0.409 e. The minimum atomic E-state index is -4.49. The average Bonchev–Trinajstić information content (AvgIpc) is 2.76. The molecule has 1 atom stereocenters. The Morgan fingerprint density at radius 1 is 1.56 bits per heavy atom. The molecule has 102 valence electrons. The van der Waals surface area contributed by atoms with Crippen LogP contribution in [0.25, 0.3) is 0 Å². The predicted octanol–water partition coefficient (Wildman–Crippen LogP) is 1.38. The summed E-state index contributed by atoms with van der Waals surface area (Å²) in [5.41, 5.74) is 5.38. The third-order valence-electron chi connectivity index (χ3n) is 2.15. The lowest BCUT2D eigenvalue weighted by Gasteiger charge is -2.19. The average molecular weight is 283 g/mol. The van der Waals surface area contributed by atoms with Gasteiger partial charge in [-0.25, -0.2) is 0 Å². The number of nitrogens with two attached hydrogens (primary N) is 1. The predicted molar refractivity (Wildman–Crippen MR) is 60.8 cm³/mol. The zero-order valence-electron chi connectivity index (χ0n) is 9.64. The van der Waals surface area contributed by atoms with E-state index in [1.54, 1.807) is 14.0 Å². The van der Waals surface area contributed by atoms with E-state index in [9.17, 15) is 13.2 Å². The van der Waals surface area contributed by atoms with Gasteiger partial charge in [-0.05, 0) is 0 Å². The first-order valence-corrected chi connectivity index (χ1v) is 5.66. The summed E-state index contributed by atoms with van der Waals surface area (Å²) >= 11 is 0.445. The minimum absolute atomic E-state index is 0.00223. The molecule has 3 N–H and O–H groups in total. The molecule has 0 fully saturated rings. The molecule has 1 unspecified atom stereocenters. The fourth-order valence-corrected chi connectivity index (χ4v) is 1.85. The second kappa shape index (κ2) is 5.38. The summed E-state index contributed by atoms with van der Waals surface area (Å²) in [5.74, 6) is -0.319. The molecular weight excluding hydrogens is 271 g/mol. The van der Waals surface area contributed by atoms with Crippen LogP contribution in [0.5, 0.6) is 0 Å². The van der Waals surface area contributed by atoms with E-state index in [4.69, 9.17) is 10.9 Å². The van der Waals surface area contributed by atoms with Gasteiger partial charge in [0.15, 0.2) is 0 Å². The van der Waals surface area contributed by atoms with Crippen molar-refractivity contribution in [1.29, 1.82) is 0 Å². The molecule has 0 amide bonds. The quantitative estimate of drug-likeness (QED) is 0.377. The molecule has 6 nitrogen and oxygen atoms in total. The Bertz CT molecular complexity index is 433. The Hall–Kier alpha value is -1.58. The van der Waals surface area contributed by atoms with Crippen LogP contribution in [0, 0.1) is 5.92 Å². The fourth-order valence-electron chi connectivity index (χ4n) is 1.17. The molecule has 1 aromatic heterocycles. The lowest BCUT2D eigenvalue weighted by Crippen LogP contribution is -2.32. The molecule has 10 heteroatoms. The smallest absolute Gasteiger partial charge is 0.409 e. The first-order chi connectivity index (χ1) is 8.25. The number of aromatic nitrogens is 2. The molecule has 0 bridgehead atoms. The first-order valence-electron chi connectivity index (χ1n) is 4.85. The number of oxime groups is 1. The molecular formula is C8H12F3N5OS. The van der Waals surface area contributed by atoms with Gasteiger partial charge >= 0.3 is 6.18 Å². The Kier molecular flexibility index (Phi) is 4.33. The second-order valence-electron chi connectivity index (χ2n) is 3.69. The lowest BCUT2D eigenvalue weighted by atomic mass is 10.1. The van der Waals surface area contributed by atoms with Crippen molar-refractivity contribution in [2.45, 2.75) is 13.1 Å². The van der Waals surface area contributed by atoms with Crippen molar-refractivity contribution < 1.29 is 18.4 Å². The summed E-state index contributed by atoms with van der Waals surface area (Å²) < 4.78 is 37.0. The topological polar surface area (TPSA) is 87.6 Å². The van der Waals surface area contributed by atoms with E-state index in [0.717, 1.165) is 0 Å². The van der Waals surface area contributed by atoms with Gasteiger partial charge in [0.05, 0.1) is 0 Å². The summed E-state index contributed by atoms with van der Waals surface area (Å²) in [6.45, 7) is 1.94. The number of hydrogen-bond donors (Lipinski definition) is 2. The number of anilines is 1. The van der Waals surface area contributed by atoms with Gasteiger partial charge in [0.25, 0.3) is 0 Å². The summed E-state index contributed by atoms with van der Waals surface area (Å²) in [4.78, 5) is 1.47. The van der Waals surface area contributed by atoms with E-state index in [1.165, 1.54) is 4.90 Å². The molecule has 0 radical (unpaired) electrons. The van der Waals surface area contributed by atoms with Crippen LogP contribution < -0.4 is 10.6 Å². The van der Waals surface area contributed by atoms with Crippen molar-refractivity contribution in [2.24, 2.45) is 16.8 Å². The number of alkyl halides is 3. The summed E-state index contributed by atoms with van der Waals surface area (Å²) in [5, 5.41) is 17.0.